The summed E-state index contributed by atoms with van der Waals surface area (Å²) in [7, 11) is 0. The molecule has 0 radical (unpaired) electrons. The minimum Gasteiger partial charge on any atom is -0.507 e. The van der Waals surface area contributed by atoms with E-state index in [-0.39, 0.29) is 5.75 Å². The molecular formula is C13H18N2O. The number of nitrogens with zero attached hydrogens (tertiary/aromatic N) is 1. The molecule has 16 heavy (non-hydrogen) atoms. The van der Waals surface area contributed by atoms with Crippen molar-refractivity contribution in [3.8, 4) is 17.6 Å². The molecule has 0 saturated heterocycles. The van der Waals surface area contributed by atoms with E-state index < -0.39 is 0 Å². The minimum atomic E-state index is 0.145. The fraction of sp³-hybridized carbons (Fsp3) is 0.385. The molecule has 3 heteroatoms. The van der Waals surface area contributed by atoms with Crippen LogP contribution in [-0.2, 0) is 0 Å². The molecule has 1 aromatic rings. The molecule has 0 fully saturated rings. The summed E-state index contributed by atoms with van der Waals surface area (Å²) in [5, 5.41) is 9.57. The summed E-state index contributed by atoms with van der Waals surface area (Å²) in [5.74, 6) is 6.13. The third kappa shape index (κ3) is 3.48. The zero-order chi connectivity index (χ0) is 12.0. The highest BCUT2D eigenvalue weighted by Gasteiger charge is 1.98. The van der Waals surface area contributed by atoms with E-state index in [1.165, 1.54) is 6.07 Å². The van der Waals surface area contributed by atoms with E-state index in [2.05, 4.69) is 30.6 Å². The van der Waals surface area contributed by atoms with Crippen LogP contribution in [0.3, 0.4) is 0 Å². The van der Waals surface area contributed by atoms with Gasteiger partial charge < -0.3 is 10.8 Å². The van der Waals surface area contributed by atoms with Gasteiger partial charge in [0.25, 0.3) is 0 Å². The van der Waals surface area contributed by atoms with Crippen LogP contribution in [-0.4, -0.2) is 29.6 Å². The maximum Gasteiger partial charge on any atom is 0.133 e. The molecule has 0 heterocycles. The highest BCUT2D eigenvalue weighted by atomic mass is 16.3. The SMILES string of the molecule is CCN(CC)CC#Cc1ccc(N)cc1O. The average molecular weight is 218 g/mol. The molecule has 0 aromatic heterocycles. The molecule has 0 unspecified atom stereocenters. The molecule has 86 valence electrons. The van der Waals surface area contributed by atoms with Crippen LogP contribution in [0.2, 0.25) is 0 Å². The topological polar surface area (TPSA) is 49.5 Å². The van der Waals surface area contributed by atoms with Crippen LogP contribution >= 0.6 is 0 Å². The van der Waals surface area contributed by atoms with Crippen molar-refractivity contribution in [3.05, 3.63) is 23.8 Å². The van der Waals surface area contributed by atoms with Crippen molar-refractivity contribution in [1.82, 2.24) is 4.90 Å². The largest absolute Gasteiger partial charge is 0.507 e. The van der Waals surface area contributed by atoms with Crippen LogP contribution in [0.15, 0.2) is 18.2 Å². The number of aromatic hydroxyl groups is 1. The predicted molar refractivity (Wildman–Crippen MR) is 67.2 cm³/mol. The number of anilines is 1. The Bertz CT molecular complexity index is 400. The third-order valence-electron chi connectivity index (χ3n) is 2.44. The van der Waals surface area contributed by atoms with Crippen LogP contribution in [0.5, 0.6) is 5.75 Å². The van der Waals surface area contributed by atoms with Crippen LogP contribution in [0.1, 0.15) is 19.4 Å². The van der Waals surface area contributed by atoms with E-state index in [0.717, 1.165) is 19.6 Å². The molecule has 1 rings (SSSR count). The van der Waals surface area contributed by atoms with Crippen molar-refractivity contribution in [2.24, 2.45) is 0 Å². The van der Waals surface area contributed by atoms with Gasteiger partial charge in [0, 0.05) is 11.8 Å². The van der Waals surface area contributed by atoms with Crippen LogP contribution in [0.4, 0.5) is 5.69 Å². The Balaban J connectivity index is 2.69. The quantitative estimate of drug-likeness (QED) is 0.599. The van der Waals surface area contributed by atoms with Crippen LogP contribution in [0.25, 0.3) is 0 Å². The minimum absolute atomic E-state index is 0.145. The zero-order valence-electron chi connectivity index (χ0n) is 9.83. The van der Waals surface area contributed by atoms with E-state index in [1.807, 2.05) is 0 Å². The lowest BCUT2D eigenvalue weighted by molar-refractivity contribution is 0.342. The summed E-state index contributed by atoms with van der Waals surface area (Å²) < 4.78 is 0. The lowest BCUT2D eigenvalue weighted by Crippen LogP contribution is -2.22. The lowest BCUT2D eigenvalue weighted by Gasteiger charge is -2.13. The Morgan fingerprint density at radius 2 is 2.00 bits per heavy atom. The average Bonchev–Trinajstić information content (AvgIpc) is 2.27. The lowest BCUT2D eigenvalue weighted by atomic mass is 10.2. The molecule has 0 aliphatic rings. The number of nitrogens with two attached hydrogens (primary N) is 1. The Kier molecular flexibility index (Phi) is 4.68. The van der Waals surface area contributed by atoms with E-state index >= 15 is 0 Å². The highest BCUT2D eigenvalue weighted by Crippen LogP contribution is 2.18. The fourth-order valence-electron chi connectivity index (χ4n) is 1.35. The Morgan fingerprint density at radius 1 is 1.31 bits per heavy atom. The number of phenolic OH excluding ortho intramolecular Hbond substituents is 1. The molecule has 0 amide bonds. The fourth-order valence-corrected chi connectivity index (χ4v) is 1.35. The second kappa shape index (κ2) is 6.04. The number of nitrogen functional groups attached to an aromatic ring is 1. The first-order valence-electron chi connectivity index (χ1n) is 5.47. The molecule has 0 saturated carbocycles. The van der Waals surface area contributed by atoms with E-state index in [1.54, 1.807) is 12.1 Å². The highest BCUT2D eigenvalue weighted by molar-refractivity contribution is 5.53. The Hall–Kier alpha value is -1.66. The van der Waals surface area contributed by atoms with Gasteiger partial charge in [-0.25, -0.2) is 0 Å². The van der Waals surface area contributed by atoms with Crippen molar-refractivity contribution in [2.75, 3.05) is 25.4 Å². The second-order valence-corrected chi connectivity index (χ2v) is 3.54. The van der Waals surface area contributed by atoms with E-state index in [0.29, 0.717) is 11.3 Å². The summed E-state index contributed by atoms with van der Waals surface area (Å²) in [5.41, 5.74) is 6.71. The molecule has 0 aliphatic carbocycles. The summed E-state index contributed by atoms with van der Waals surface area (Å²) in [4.78, 5) is 2.21. The number of hydrogen-bond donors (Lipinski definition) is 2. The first-order chi connectivity index (χ1) is 7.67. The monoisotopic (exact) mass is 218 g/mol. The van der Waals surface area contributed by atoms with Gasteiger partial charge >= 0.3 is 0 Å². The molecule has 3 N–H and O–H groups in total. The van der Waals surface area contributed by atoms with Gasteiger partial charge in [0.2, 0.25) is 0 Å². The van der Waals surface area contributed by atoms with Gasteiger partial charge in [-0.3, -0.25) is 4.90 Å². The van der Waals surface area contributed by atoms with Gasteiger partial charge in [-0.2, -0.15) is 0 Å². The van der Waals surface area contributed by atoms with E-state index in [9.17, 15) is 5.11 Å². The first kappa shape index (κ1) is 12.4. The van der Waals surface area contributed by atoms with Crippen molar-refractivity contribution in [1.29, 1.82) is 0 Å². The van der Waals surface area contributed by atoms with Gasteiger partial charge in [-0.05, 0) is 25.2 Å². The van der Waals surface area contributed by atoms with Crippen molar-refractivity contribution < 1.29 is 5.11 Å². The number of benzene rings is 1. The van der Waals surface area contributed by atoms with Gasteiger partial charge in [0.15, 0.2) is 0 Å². The van der Waals surface area contributed by atoms with Crippen LogP contribution < -0.4 is 5.73 Å². The molecule has 0 bridgehead atoms. The third-order valence-corrected chi connectivity index (χ3v) is 2.44. The van der Waals surface area contributed by atoms with Crippen molar-refractivity contribution in [3.63, 3.8) is 0 Å². The summed E-state index contributed by atoms with van der Waals surface area (Å²) in [6.45, 7) is 6.90. The second-order valence-electron chi connectivity index (χ2n) is 3.54. The van der Waals surface area contributed by atoms with Crippen LogP contribution in [0, 0.1) is 11.8 Å². The molecule has 3 nitrogen and oxygen atoms in total. The maximum absolute atomic E-state index is 9.57. The van der Waals surface area contributed by atoms with E-state index in [4.69, 9.17) is 5.73 Å². The van der Waals surface area contributed by atoms with Gasteiger partial charge in [-0.1, -0.05) is 25.7 Å². The summed E-state index contributed by atoms with van der Waals surface area (Å²) in [6, 6.07) is 4.99. The number of rotatable bonds is 3. The normalized spacial score (nSPS) is 9.94. The molecule has 0 atom stereocenters. The van der Waals surface area contributed by atoms with Crippen molar-refractivity contribution in [2.45, 2.75) is 13.8 Å². The zero-order valence-corrected chi connectivity index (χ0v) is 9.83. The molecule has 1 aromatic carbocycles. The first-order valence-corrected chi connectivity index (χ1v) is 5.47. The Labute approximate surface area is 96.9 Å². The molecule has 0 spiro atoms. The standard InChI is InChI=1S/C13H18N2O/c1-3-15(4-2)9-5-6-11-7-8-12(14)10-13(11)16/h7-8,10,16H,3-4,9,14H2,1-2H3. The smallest absolute Gasteiger partial charge is 0.133 e. The maximum atomic E-state index is 9.57. The van der Waals surface area contributed by atoms with Gasteiger partial charge in [0.05, 0.1) is 12.1 Å². The predicted octanol–water partition coefficient (Wildman–Crippen LogP) is 1.67. The van der Waals surface area contributed by atoms with Gasteiger partial charge in [-0.15, -0.1) is 0 Å². The summed E-state index contributed by atoms with van der Waals surface area (Å²) >= 11 is 0. The van der Waals surface area contributed by atoms with Crippen molar-refractivity contribution >= 4 is 5.69 Å². The Morgan fingerprint density at radius 3 is 2.56 bits per heavy atom. The molecule has 0 aliphatic heterocycles. The summed E-state index contributed by atoms with van der Waals surface area (Å²) in [6.07, 6.45) is 0. The number of phenols is 1. The number of hydrogen-bond acceptors (Lipinski definition) is 3. The molecular weight excluding hydrogens is 200 g/mol. The van der Waals surface area contributed by atoms with Gasteiger partial charge in [0.1, 0.15) is 5.75 Å².